The number of nitrogens with one attached hydrogen (secondary N) is 1. The van der Waals surface area contributed by atoms with E-state index in [-0.39, 0.29) is 0 Å². The van der Waals surface area contributed by atoms with Gasteiger partial charge in [0, 0.05) is 25.3 Å². The summed E-state index contributed by atoms with van der Waals surface area (Å²) in [6.45, 7) is 4.01. The molecular formula is C15H19N3. The smallest absolute Gasteiger partial charge is 0.0682 e. The minimum Gasteiger partial charge on any atom is -0.310 e. The molecule has 0 unspecified atom stereocenters. The van der Waals surface area contributed by atoms with Crippen molar-refractivity contribution in [3.63, 3.8) is 0 Å². The third-order valence-corrected chi connectivity index (χ3v) is 3.44. The van der Waals surface area contributed by atoms with E-state index in [1.54, 1.807) is 0 Å². The van der Waals surface area contributed by atoms with Gasteiger partial charge in [0.1, 0.15) is 0 Å². The summed E-state index contributed by atoms with van der Waals surface area (Å²) in [5.41, 5.74) is 3.79. The second-order valence-corrected chi connectivity index (χ2v) is 4.88. The predicted octanol–water partition coefficient (Wildman–Crippen LogP) is 2.82. The maximum absolute atomic E-state index is 4.31. The largest absolute Gasteiger partial charge is 0.310 e. The van der Waals surface area contributed by atoms with Gasteiger partial charge in [-0.15, -0.1) is 0 Å². The molecule has 0 spiro atoms. The molecule has 0 amide bonds. The van der Waals surface area contributed by atoms with Gasteiger partial charge < -0.3 is 5.32 Å². The molecule has 18 heavy (non-hydrogen) atoms. The van der Waals surface area contributed by atoms with Crippen LogP contribution in [0.3, 0.4) is 0 Å². The van der Waals surface area contributed by atoms with Crippen molar-refractivity contribution in [2.75, 3.05) is 0 Å². The van der Waals surface area contributed by atoms with E-state index in [1.165, 1.54) is 29.7 Å². The van der Waals surface area contributed by atoms with Crippen LogP contribution in [0.4, 0.5) is 0 Å². The monoisotopic (exact) mass is 241 g/mol. The molecular weight excluding hydrogens is 222 g/mol. The Kier molecular flexibility index (Phi) is 3.15. The average molecular weight is 241 g/mol. The van der Waals surface area contributed by atoms with Crippen molar-refractivity contribution in [2.24, 2.45) is 0 Å². The maximum atomic E-state index is 4.31. The van der Waals surface area contributed by atoms with Crippen LogP contribution in [0.15, 0.2) is 36.5 Å². The SMILES string of the molecule is CCn1nccc1-c1ccc(CNC2CC2)cc1. The van der Waals surface area contributed by atoms with Gasteiger partial charge in [-0.05, 0) is 37.0 Å². The lowest BCUT2D eigenvalue weighted by atomic mass is 10.1. The van der Waals surface area contributed by atoms with Gasteiger partial charge in [0.2, 0.25) is 0 Å². The van der Waals surface area contributed by atoms with Crippen LogP contribution in [0.25, 0.3) is 11.3 Å². The molecule has 3 rings (SSSR count). The van der Waals surface area contributed by atoms with Crippen molar-refractivity contribution in [2.45, 2.75) is 38.9 Å². The zero-order valence-corrected chi connectivity index (χ0v) is 10.8. The molecule has 0 aliphatic heterocycles. The third kappa shape index (κ3) is 2.46. The van der Waals surface area contributed by atoms with Crippen LogP contribution in [0, 0.1) is 0 Å². The molecule has 1 heterocycles. The Morgan fingerprint density at radius 1 is 1.22 bits per heavy atom. The van der Waals surface area contributed by atoms with E-state index in [2.05, 4.69) is 47.7 Å². The first-order chi connectivity index (χ1) is 8.86. The maximum Gasteiger partial charge on any atom is 0.0682 e. The van der Waals surface area contributed by atoms with E-state index >= 15 is 0 Å². The van der Waals surface area contributed by atoms with Gasteiger partial charge >= 0.3 is 0 Å². The molecule has 1 fully saturated rings. The molecule has 0 atom stereocenters. The first-order valence-corrected chi connectivity index (χ1v) is 6.71. The van der Waals surface area contributed by atoms with E-state index < -0.39 is 0 Å². The highest BCUT2D eigenvalue weighted by Gasteiger charge is 2.19. The van der Waals surface area contributed by atoms with E-state index in [1.807, 2.05) is 10.9 Å². The van der Waals surface area contributed by atoms with E-state index in [0.717, 1.165) is 19.1 Å². The summed E-state index contributed by atoms with van der Waals surface area (Å²) < 4.78 is 2.03. The first-order valence-electron chi connectivity index (χ1n) is 6.71. The normalized spacial score (nSPS) is 14.9. The topological polar surface area (TPSA) is 29.9 Å². The highest BCUT2D eigenvalue weighted by molar-refractivity contribution is 5.59. The Balaban J connectivity index is 1.73. The highest BCUT2D eigenvalue weighted by atomic mass is 15.3. The van der Waals surface area contributed by atoms with E-state index in [4.69, 9.17) is 0 Å². The minimum absolute atomic E-state index is 0.770. The minimum atomic E-state index is 0.770. The number of hydrogen-bond donors (Lipinski definition) is 1. The lowest BCUT2D eigenvalue weighted by Crippen LogP contribution is -2.15. The molecule has 94 valence electrons. The van der Waals surface area contributed by atoms with Crippen molar-refractivity contribution in [1.82, 2.24) is 15.1 Å². The Labute approximate surface area is 108 Å². The number of aryl methyl sites for hydroxylation is 1. The van der Waals surface area contributed by atoms with Crippen LogP contribution in [0.5, 0.6) is 0 Å². The van der Waals surface area contributed by atoms with E-state index in [9.17, 15) is 0 Å². The summed E-state index contributed by atoms with van der Waals surface area (Å²) in [5, 5.41) is 7.84. The van der Waals surface area contributed by atoms with Crippen molar-refractivity contribution >= 4 is 0 Å². The van der Waals surface area contributed by atoms with Crippen LogP contribution in [-0.4, -0.2) is 15.8 Å². The number of aromatic nitrogens is 2. The Hall–Kier alpha value is -1.61. The van der Waals surface area contributed by atoms with Crippen LogP contribution in [-0.2, 0) is 13.1 Å². The fraction of sp³-hybridized carbons (Fsp3) is 0.400. The van der Waals surface area contributed by atoms with Gasteiger partial charge in [0.25, 0.3) is 0 Å². The standard InChI is InChI=1S/C15H19N3/c1-2-18-15(9-10-17-18)13-5-3-12(4-6-13)11-16-14-7-8-14/h3-6,9-10,14,16H,2,7-8,11H2,1H3. The molecule has 1 saturated carbocycles. The summed E-state index contributed by atoms with van der Waals surface area (Å²) in [7, 11) is 0. The zero-order valence-electron chi connectivity index (χ0n) is 10.8. The van der Waals surface area contributed by atoms with E-state index in [0.29, 0.717) is 0 Å². The Morgan fingerprint density at radius 3 is 2.67 bits per heavy atom. The Bertz CT molecular complexity index is 509. The first kappa shape index (κ1) is 11.5. The average Bonchev–Trinajstić information content (AvgIpc) is 3.12. The summed E-state index contributed by atoms with van der Waals surface area (Å²) in [6.07, 6.45) is 4.54. The number of benzene rings is 1. The molecule has 0 radical (unpaired) electrons. The number of nitrogens with zero attached hydrogens (tertiary/aromatic N) is 2. The molecule has 1 aliphatic rings. The lowest BCUT2D eigenvalue weighted by molar-refractivity contribution is 0.667. The zero-order chi connectivity index (χ0) is 12.4. The van der Waals surface area contributed by atoms with Crippen molar-refractivity contribution in [1.29, 1.82) is 0 Å². The van der Waals surface area contributed by atoms with Crippen molar-refractivity contribution in [3.05, 3.63) is 42.1 Å². The molecule has 1 N–H and O–H groups in total. The van der Waals surface area contributed by atoms with Gasteiger partial charge in [-0.3, -0.25) is 4.68 Å². The van der Waals surface area contributed by atoms with Crippen molar-refractivity contribution in [3.8, 4) is 11.3 Å². The molecule has 0 saturated heterocycles. The number of rotatable bonds is 5. The molecule has 1 aromatic carbocycles. The van der Waals surface area contributed by atoms with Crippen molar-refractivity contribution < 1.29 is 0 Å². The Morgan fingerprint density at radius 2 is 2.00 bits per heavy atom. The molecule has 3 heteroatoms. The van der Waals surface area contributed by atoms with Gasteiger partial charge in [0.05, 0.1) is 5.69 Å². The molecule has 1 aliphatic carbocycles. The van der Waals surface area contributed by atoms with Gasteiger partial charge in [-0.25, -0.2) is 0 Å². The second-order valence-electron chi connectivity index (χ2n) is 4.88. The molecule has 3 nitrogen and oxygen atoms in total. The van der Waals surface area contributed by atoms with Crippen LogP contribution >= 0.6 is 0 Å². The fourth-order valence-electron chi connectivity index (χ4n) is 2.17. The van der Waals surface area contributed by atoms with Crippen LogP contribution in [0.2, 0.25) is 0 Å². The van der Waals surface area contributed by atoms with Gasteiger partial charge in [-0.2, -0.15) is 5.10 Å². The van der Waals surface area contributed by atoms with Crippen LogP contribution in [0.1, 0.15) is 25.3 Å². The van der Waals surface area contributed by atoms with Gasteiger partial charge in [-0.1, -0.05) is 24.3 Å². The lowest BCUT2D eigenvalue weighted by Gasteiger charge is -2.07. The molecule has 0 bridgehead atoms. The second kappa shape index (κ2) is 4.94. The van der Waals surface area contributed by atoms with Crippen LogP contribution < -0.4 is 5.32 Å². The summed E-state index contributed by atoms with van der Waals surface area (Å²) >= 11 is 0. The highest BCUT2D eigenvalue weighted by Crippen LogP contribution is 2.21. The quantitative estimate of drug-likeness (QED) is 0.872. The molecule has 1 aromatic heterocycles. The number of hydrogen-bond acceptors (Lipinski definition) is 2. The summed E-state index contributed by atoms with van der Waals surface area (Å²) in [6, 6.07) is 11.6. The van der Waals surface area contributed by atoms with Gasteiger partial charge in [0.15, 0.2) is 0 Å². The third-order valence-electron chi connectivity index (χ3n) is 3.44. The fourth-order valence-corrected chi connectivity index (χ4v) is 2.17. The summed E-state index contributed by atoms with van der Waals surface area (Å²) in [4.78, 5) is 0. The summed E-state index contributed by atoms with van der Waals surface area (Å²) in [5.74, 6) is 0. The molecule has 2 aromatic rings. The predicted molar refractivity (Wildman–Crippen MR) is 73.2 cm³/mol.